The molecule has 2 aromatic rings. The van der Waals surface area contributed by atoms with Gasteiger partial charge in [-0.2, -0.15) is 12.6 Å². The Kier molecular flexibility index (Phi) is 17.1. The average molecular weight is 576 g/mol. The standard InChI is InChI=1S/C13H17NO5.C12H13NO4.CH4S.Na.H/c1-4-19-12(15)6-5-9-7-11(17-2)14-8-10(9)13(16)18-3;1-3-17-12(15)8-4-7-5-10(16-2)13-6-9(7)11(8)14;1-2;;/h7-8H,4-6H2,1-3H3;5-6,8H,3-4H2,1-2H3;2H,1H3;;/q;;;+1;-1/i;;1D;;. The zero-order chi connectivity index (χ0) is 29.4. The first-order valence-electron chi connectivity index (χ1n) is 12.3. The molecule has 0 aliphatic heterocycles. The summed E-state index contributed by atoms with van der Waals surface area (Å²) in [5.74, 6) is -1.38. The van der Waals surface area contributed by atoms with E-state index in [0.717, 1.165) is 5.56 Å². The number of methoxy groups -OCH3 is 3. The molecule has 13 heteroatoms. The SMILES string of the molecule is CCOC(=O)C1Cc2cc(OC)ncc2C1=O.CCOC(=O)CCc1cc(OC)ncc1C(=O)OC.[2H]CS.[H-].[Na+]. The van der Waals surface area contributed by atoms with Crippen LogP contribution in [0.15, 0.2) is 24.5 Å². The minimum atomic E-state index is -0.723. The number of thiol groups is 1. The monoisotopic (exact) mass is 575 g/mol. The van der Waals surface area contributed by atoms with Gasteiger partial charge in [-0.05, 0) is 44.0 Å². The second-order valence-corrected chi connectivity index (χ2v) is 7.44. The first-order chi connectivity index (χ1) is 18.7. The van der Waals surface area contributed by atoms with E-state index in [1.807, 2.05) is 0 Å². The molecule has 0 spiro atoms. The van der Waals surface area contributed by atoms with Crippen LogP contribution in [0.5, 0.6) is 11.8 Å². The third-order valence-electron chi connectivity index (χ3n) is 5.23. The number of rotatable bonds is 9. The van der Waals surface area contributed by atoms with E-state index in [-0.39, 0.29) is 62.0 Å². The van der Waals surface area contributed by atoms with Crippen molar-refractivity contribution >= 4 is 36.3 Å². The first-order valence-corrected chi connectivity index (χ1v) is 12.2. The van der Waals surface area contributed by atoms with Crippen LogP contribution in [-0.2, 0) is 36.6 Å². The summed E-state index contributed by atoms with van der Waals surface area (Å²) in [6.45, 7) is 4.07. The van der Waals surface area contributed by atoms with Crippen molar-refractivity contribution in [2.45, 2.75) is 33.1 Å². The molecule has 0 amide bonds. The van der Waals surface area contributed by atoms with Gasteiger partial charge in [-0.3, -0.25) is 14.4 Å². The van der Waals surface area contributed by atoms with Crippen LogP contribution < -0.4 is 39.0 Å². The molecule has 39 heavy (non-hydrogen) atoms. The Bertz CT molecular complexity index is 1140. The zero-order valence-corrected chi connectivity index (χ0v) is 26.0. The minimum Gasteiger partial charge on any atom is -1.00 e. The number of hydrogen-bond donors (Lipinski definition) is 1. The number of fused-ring (bicyclic) bond motifs is 1. The number of ether oxygens (including phenoxy) is 5. The fourth-order valence-corrected chi connectivity index (χ4v) is 3.47. The Morgan fingerprint density at radius 2 is 1.64 bits per heavy atom. The van der Waals surface area contributed by atoms with E-state index in [9.17, 15) is 19.2 Å². The molecule has 0 saturated carbocycles. The van der Waals surface area contributed by atoms with Crippen LogP contribution in [-0.4, -0.2) is 74.4 Å². The van der Waals surface area contributed by atoms with E-state index in [4.69, 9.17) is 20.3 Å². The number of carbonyl (C=O) groups is 4. The smallest absolute Gasteiger partial charge is 1.00 e. The largest absolute Gasteiger partial charge is 1.00 e. The number of ketones is 1. The summed E-state index contributed by atoms with van der Waals surface area (Å²) < 4.78 is 30.4. The van der Waals surface area contributed by atoms with Gasteiger partial charge >= 0.3 is 47.5 Å². The van der Waals surface area contributed by atoms with Crippen LogP contribution >= 0.6 is 12.6 Å². The quantitative estimate of drug-likeness (QED) is 0.143. The summed E-state index contributed by atoms with van der Waals surface area (Å²) in [5, 5.41) is 0. The Morgan fingerprint density at radius 3 is 2.21 bits per heavy atom. The van der Waals surface area contributed by atoms with Crippen molar-refractivity contribution in [2.75, 3.05) is 40.8 Å². The van der Waals surface area contributed by atoms with Crippen LogP contribution in [0.4, 0.5) is 0 Å². The summed E-state index contributed by atoms with van der Waals surface area (Å²) >= 11 is 3.46. The molecule has 1 aliphatic carbocycles. The van der Waals surface area contributed by atoms with Crippen LogP contribution in [0.25, 0.3) is 0 Å². The Morgan fingerprint density at radius 1 is 1.05 bits per heavy atom. The van der Waals surface area contributed by atoms with Gasteiger partial charge in [0.15, 0.2) is 5.78 Å². The van der Waals surface area contributed by atoms with Crippen molar-refractivity contribution in [3.8, 4) is 11.8 Å². The fraction of sp³-hybridized carbons (Fsp3) is 0.462. The van der Waals surface area contributed by atoms with Gasteiger partial charge in [0.2, 0.25) is 11.8 Å². The normalized spacial score (nSPS) is 13.0. The van der Waals surface area contributed by atoms with E-state index in [1.165, 1.54) is 33.7 Å². The van der Waals surface area contributed by atoms with E-state index >= 15 is 0 Å². The second kappa shape index (κ2) is 19.4. The number of Topliss-reactive ketones (excluding diaryl/α,β-unsaturated/α-hetero) is 1. The summed E-state index contributed by atoms with van der Waals surface area (Å²) in [4.78, 5) is 54.4. The van der Waals surface area contributed by atoms with E-state index in [0.29, 0.717) is 47.9 Å². The van der Waals surface area contributed by atoms with Crippen molar-refractivity contribution < 1.29 is 75.2 Å². The van der Waals surface area contributed by atoms with Gasteiger partial charge in [-0.1, -0.05) is 0 Å². The van der Waals surface area contributed by atoms with Crippen LogP contribution in [0, 0.1) is 5.92 Å². The number of esters is 3. The first kappa shape index (κ1) is 34.4. The molecule has 3 rings (SSSR count). The van der Waals surface area contributed by atoms with Gasteiger partial charge in [0.25, 0.3) is 0 Å². The van der Waals surface area contributed by atoms with Gasteiger partial charge in [0.1, 0.15) is 5.92 Å². The number of hydrogen-bond acceptors (Lipinski definition) is 12. The second-order valence-electron chi connectivity index (χ2n) is 7.44. The molecule has 210 valence electrons. The van der Waals surface area contributed by atoms with E-state index in [1.54, 1.807) is 26.0 Å². The maximum atomic E-state index is 11.9. The molecule has 1 unspecified atom stereocenters. The predicted octanol–water partition coefficient (Wildman–Crippen LogP) is 0.0433. The number of pyridine rings is 2. The van der Waals surface area contributed by atoms with Crippen molar-refractivity contribution in [2.24, 2.45) is 5.92 Å². The molecule has 1 aliphatic rings. The number of aryl methyl sites for hydroxylation is 1. The van der Waals surface area contributed by atoms with Gasteiger partial charge in [-0.15, -0.1) is 0 Å². The van der Waals surface area contributed by atoms with Crippen molar-refractivity contribution in [3.63, 3.8) is 0 Å². The van der Waals surface area contributed by atoms with Gasteiger partial charge < -0.3 is 25.1 Å². The van der Waals surface area contributed by atoms with Crippen LogP contribution in [0.1, 0.15) is 54.9 Å². The number of carbonyl (C=O) groups excluding carboxylic acids is 4. The molecule has 0 fully saturated rings. The summed E-state index contributed by atoms with van der Waals surface area (Å²) in [7, 11) is 4.28. The molecule has 0 aromatic carbocycles. The van der Waals surface area contributed by atoms with Crippen LogP contribution in [0.3, 0.4) is 0 Å². The van der Waals surface area contributed by atoms with Crippen molar-refractivity contribution in [1.29, 1.82) is 0 Å². The molecular weight excluding hydrogens is 539 g/mol. The number of nitrogens with zero attached hydrogens (tertiary/aromatic N) is 2. The van der Waals surface area contributed by atoms with Gasteiger partial charge in [0, 0.05) is 37.9 Å². The Hall–Kier alpha value is -2.67. The summed E-state index contributed by atoms with van der Waals surface area (Å²) in [6.07, 6.45) is 3.94. The fourth-order valence-electron chi connectivity index (χ4n) is 3.47. The Balaban J connectivity index is 0. The topological polar surface area (TPSA) is 140 Å². The molecule has 11 nitrogen and oxygen atoms in total. The summed E-state index contributed by atoms with van der Waals surface area (Å²) in [5.41, 5.74) is 2.25. The average Bonchev–Trinajstić information content (AvgIpc) is 3.28. The van der Waals surface area contributed by atoms with E-state index in [2.05, 4.69) is 27.3 Å². The summed E-state index contributed by atoms with van der Waals surface area (Å²) in [6, 6.07) is 3.30. The third-order valence-corrected chi connectivity index (χ3v) is 5.23. The molecule has 0 bridgehead atoms. The molecular formula is C26H35N2NaO9S. The van der Waals surface area contributed by atoms with E-state index < -0.39 is 17.9 Å². The maximum Gasteiger partial charge on any atom is 1.00 e. The molecule has 0 radical (unpaired) electrons. The minimum absolute atomic E-state index is 0. The van der Waals surface area contributed by atoms with Gasteiger partial charge in [0.05, 0.1) is 40.1 Å². The molecule has 0 N–H and O–H groups in total. The zero-order valence-electron chi connectivity index (χ0n) is 25.1. The van der Waals surface area contributed by atoms with Gasteiger partial charge in [-0.25, -0.2) is 14.8 Å². The Labute approximate surface area is 258 Å². The predicted molar refractivity (Wildman–Crippen MR) is 142 cm³/mol. The van der Waals surface area contributed by atoms with Crippen molar-refractivity contribution in [1.82, 2.24) is 9.97 Å². The number of aromatic nitrogens is 2. The molecule has 2 heterocycles. The molecule has 0 saturated heterocycles. The molecule has 1 atom stereocenters. The van der Waals surface area contributed by atoms with Crippen LogP contribution in [0.2, 0.25) is 0 Å². The maximum absolute atomic E-state index is 11.9. The third kappa shape index (κ3) is 10.8. The molecule has 2 aromatic heterocycles. The van der Waals surface area contributed by atoms with Crippen molar-refractivity contribution in [3.05, 3.63) is 46.8 Å².